The van der Waals surface area contributed by atoms with E-state index < -0.39 is 6.10 Å². The van der Waals surface area contributed by atoms with Crippen molar-refractivity contribution < 1.29 is 9.94 Å². The highest BCUT2D eigenvalue weighted by molar-refractivity contribution is 5.92. The van der Waals surface area contributed by atoms with E-state index in [2.05, 4.69) is 34.7 Å². The predicted octanol–water partition coefficient (Wildman–Crippen LogP) is 3.18. The van der Waals surface area contributed by atoms with Crippen LogP contribution in [0.4, 0.5) is 0 Å². The smallest absolute Gasteiger partial charge is 0.144 e. The van der Waals surface area contributed by atoms with Crippen molar-refractivity contribution in [2.75, 3.05) is 13.2 Å². The van der Waals surface area contributed by atoms with Crippen LogP contribution >= 0.6 is 0 Å². The lowest BCUT2D eigenvalue weighted by atomic mass is 10.1. The molecule has 25 heavy (non-hydrogen) atoms. The van der Waals surface area contributed by atoms with Crippen LogP contribution in [-0.4, -0.2) is 30.4 Å². The van der Waals surface area contributed by atoms with E-state index in [4.69, 9.17) is 4.84 Å². The van der Waals surface area contributed by atoms with Crippen molar-refractivity contribution in [1.29, 1.82) is 0 Å². The van der Waals surface area contributed by atoms with Gasteiger partial charge in [-0.3, -0.25) is 0 Å². The van der Waals surface area contributed by atoms with Crippen molar-refractivity contribution in [2.24, 2.45) is 5.16 Å². The number of fused-ring (bicyclic) bond motifs is 2. The number of rotatable bonds is 6. The second-order valence-corrected chi connectivity index (χ2v) is 6.46. The molecule has 0 fully saturated rings. The largest absolute Gasteiger partial charge is 0.392 e. The Hall–Kier alpha value is -2.43. The van der Waals surface area contributed by atoms with E-state index >= 15 is 0 Å². The van der Waals surface area contributed by atoms with E-state index in [-0.39, 0.29) is 6.61 Å². The molecule has 0 aliphatic rings. The maximum atomic E-state index is 10.0. The number of benzene rings is 2. The molecule has 4 heteroatoms. The van der Waals surface area contributed by atoms with E-state index in [9.17, 15) is 5.11 Å². The molecule has 0 aliphatic heterocycles. The van der Waals surface area contributed by atoms with Gasteiger partial charge in [0, 0.05) is 23.4 Å². The van der Waals surface area contributed by atoms with E-state index in [1.54, 1.807) is 0 Å². The van der Waals surface area contributed by atoms with Crippen LogP contribution in [0.15, 0.2) is 65.8 Å². The highest BCUT2D eigenvalue weighted by Crippen LogP contribution is 2.15. The zero-order valence-corrected chi connectivity index (χ0v) is 14.6. The first kappa shape index (κ1) is 17.4. The summed E-state index contributed by atoms with van der Waals surface area (Å²) < 4.78 is 0. The Kier molecular flexibility index (Phi) is 5.64. The summed E-state index contributed by atoms with van der Waals surface area (Å²) in [5.41, 5.74) is 0. The van der Waals surface area contributed by atoms with Crippen molar-refractivity contribution >= 4 is 21.5 Å². The predicted molar refractivity (Wildman–Crippen MR) is 102 cm³/mol. The SMILES string of the molecule is CC(C)NCC(O)CON=c1c2ccccc2ccc2ccccc12. The molecule has 0 amide bonds. The standard InChI is InChI=1S/C21H24N2O2/c1-15(2)22-13-18(24)14-25-23-21-19-9-5-3-7-16(19)11-12-17-8-4-6-10-20(17)21/h3-12,15,18,22,24H,13-14H2,1-2H3. The van der Waals surface area contributed by atoms with Crippen molar-refractivity contribution in [1.82, 2.24) is 5.32 Å². The summed E-state index contributed by atoms with van der Waals surface area (Å²) >= 11 is 0. The normalized spacial score (nSPS) is 12.5. The molecule has 0 saturated heterocycles. The van der Waals surface area contributed by atoms with Crippen LogP contribution in [-0.2, 0) is 4.84 Å². The fourth-order valence-corrected chi connectivity index (χ4v) is 2.76. The topological polar surface area (TPSA) is 53.8 Å². The highest BCUT2D eigenvalue weighted by atomic mass is 16.6. The molecule has 3 aromatic carbocycles. The van der Waals surface area contributed by atoms with Crippen LogP contribution in [0.3, 0.4) is 0 Å². The number of aliphatic hydroxyl groups excluding tert-OH is 1. The summed E-state index contributed by atoms with van der Waals surface area (Å²) in [4.78, 5) is 5.51. The summed E-state index contributed by atoms with van der Waals surface area (Å²) in [7, 11) is 0. The molecular formula is C21H24N2O2. The van der Waals surface area contributed by atoms with Crippen LogP contribution in [0, 0.1) is 0 Å². The lowest BCUT2D eigenvalue weighted by molar-refractivity contribution is 0.0349. The lowest BCUT2D eigenvalue weighted by Gasteiger charge is -2.12. The first-order valence-corrected chi connectivity index (χ1v) is 8.63. The van der Waals surface area contributed by atoms with Gasteiger partial charge in [0.15, 0.2) is 0 Å². The van der Waals surface area contributed by atoms with Gasteiger partial charge in [-0.2, -0.15) is 0 Å². The van der Waals surface area contributed by atoms with Crippen LogP contribution in [0.1, 0.15) is 13.8 Å². The van der Waals surface area contributed by atoms with E-state index in [0.717, 1.165) is 26.9 Å². The van der Waals surface area contributed by atoms with E-state index in [0.29, 0.717) is 12.6 Å². The third-order valence-corrected chi connectivity index (χ3v) is 4.06. The Bertz CT molecular complexity index is 860. The summed E-state index contributed by atoms with van der Waals surface area (Å²) in [5.74, 6) is 0. The zero-order valence-electron chi connectivity index (χ0n) is 14.6. The van der Waals surface area contributed by atoms with Gasteiger partial charge in [0.2, 0.25) is 0 Å². The van der Waals surface area contributed by atoms with Gasteiger partial charge in [0.1, 0.15) is 18.1 Å². The summed E-state index contributed by atoms with van der Waals surface area (Å²) in [6, 6.07) is 20.8. The van der Waals surface area contributed by atoms with Crippen molar-refractivity contribution in [2.45, 2.75) is 26.0 Å². The third-order valence-electron chi connectivity index (χ3n) is 4.06. The van der Waals surface area contributed by atoms with Gasteiger partial charge in [0.05, 0.1) is 0 Å². The lowest BCUT2D eigenvalue weighted by Crippen LogP contribution is -2.34. The van der Waals surface area contributed by atoms with Crippen LogP contribution in [0.25, 0.3) is 21.5 Å². The minimum absolute atomic E-state index is 0.154. The number of hydrogen-bond acceptors (Lipinski definition) is 4. The third kappa shape index (κ3) is 4.35. The molecule has 1 unspecified atom stereocenters. The van der Waals surface area contributed by atoms with Gasteiger partial charge in [0.25, 0.3) is 0 Å². The Labute approximate surface area is 147 Å². The maximum Gasteiger partial charge on any atom is 0.144 e. The first-order chi connectivity index (χ1) is 12.1. The monoisotopic (exact) mass is 336 g/mol. The molecule has 130 valence electrons. The minimum atomic E-state index is -0.596. The van der Waals surface area contributed by atoms with Gasteiger partial charge in [-0.15, -0.1) is 0 Å². The molecule has 1 atom stereocenters. The highest BCUT2D eigenvalue weighted by Gasteiger charge is 2.06. The first-order valence-electron chi connectivity index (χ1n) is 8.63. The molecule has 0 spiro atoms. The molecule has 0 radical (unpaired) electrons. The van der Waals surface area contributed by atoms with Crippen molar-refractivity contribution in [3.63, 3.8) is 0 Å². The number of aliphatic hydroxyl groups is 1. The Balaban J connectivity index is 1.98. The molecule has 4 nitrogen and oxygen atoms in total. The fourth-order valence-electron chi connectivity index (χ4n) is 2.76. The molecule has 0 aliphatic carbocycles. The van der Waals surface area contributed by atoms with Gasteiger partial charge in [-0.1, -0.05) is 79.7 Å². The minimum Gasteiger partial charge on any atom is -0.392 e. The van der Waals surface area contributed by atoms with Gasteiger partial charge in [-0.25, -0.2) is 0 Å². The van der Waals surface area contributed by atoms with Crippen LogP contribution in [0.5, 0.6) is 0 Å². The van der Waals surface area contributed by atoms with E-state index in [1.165, 1.54) is 0 Å². The fraction of sp³-hybridized carbons (Fsp3) is 0.286. The van der Waals surface area contributed by atoms with Crippen LogP contribution < -0.4 is 10.7 Å². The second-order valence-electron chi connectivity index (χ2n) is 6.46. The Morgan fingerprint density at radius 1 is 0.920 bits per heavy atom. The molecule has 3 aromatic rings. The average molecular weight is 336 g/mol. The summed E-state index contributed by atoms with van der Waals surface area (Å²) in [6.07, 6.45) is -0.596. The molecule has 0 heterocycles. The molecule has 2 N–H and O–H groups in total. The molecule has 0 bridgehead atoms. The quantitative estimate of drug-likeness (QED) is 0.680. The number of nitrogens with zero attached hydrogens (tertiary/aromatic N) is 1. The van der Waals surface area contributed by atoms with Gasteiger partial charge < -0.3 is 15.3 Å². The molecule has 0 aromatic heterocycles. The van der Waals surface area contributed by atoms with Crippen LogP contribution in [0.2, 0.25) is 0 Å². The number of nitrogens with one attached hydrogen (secondary N) is 1. The Morgan fingerprint density at radius 2 is 1.48 bits per heavy atom. The second kappa shape index (κ2) is 8.10. The van der Waals surface area contributed by atoms with Gasteiger partial charge in [-0.05, 0) is 10.8 Å². The molecular weight excluding hydrogens is 312 g/mol. The molecule has 0 saturated carbocycles. The Morgan fingerprint density at radius 3 is 2.04 bits per heavy atom. The van der Waals surface area contributed by atoms with Gasteiger partial charge >= 0.3 is 0 Å². The van der Waals surface area contributed by atoms with Crippen molar-refractivity contribution in [3.05, 3.63) is 66.0 Å². The summed E-state index contributed by atoms with van der Waals surface area (Å²) in [6.45, 7) is 4.72. The number of hydrogen-bond donors (Lipinski definition) is 2. The maximum absolute atomic E-state index is 10.0. The van der Waals surface area contributed by atoms with E-state index in [1.807, 2.05) is 50.2 Å². The summed E-state index contributed by atoms with van der Waals surface area (Å²) in [5, 5.41) is 22.6. The average Bonchev–Trinajstić information content (AvgIpc) is 2.78. The van der Waals surface area contributed by atoms with Crippen molar-refractivity contribution in [3.8, 4) is 0 Å². The zero-order chi connectivity index (χ0) is 17.6. The molecule has 3 rings (SSSR count).